The SMILES string of the molecule is CCOC(=O)c1nc2ccc(N3CCOCC3)nn2c1Cc1cccc(C(F)(F)F)c1C. The lowest BCUT2D eigenvalue weighted by Crippen LogP contribution is -2.37. The van der Waals surface area contributed by atoms with Gasteiger partial charge in [-0.15, -0.1) is 5.10 Å². The van der Waals surface area contributed by atoms with Crippen LogP contribution in [0.4, 0.5) is 19.0 Å². The number of carbonyl (C=O) groups excluding carboxylic acids is 1. The quantitative estimate of drug-likeness (QED) is 0.555. The monoisotopic (exact) mass is 448 g/mol. The third-order valence-corrected chi connectivity index (χ3v) is 5.47. The number of esters is 1. The smallest absolute Gasteiger partial charge is 0.416 e. The summed E-state index contributed by atoms with van der Waals surface area (Å²) in [5, 5.41) is 4.65. The molecule has 7 nitrogen and oxygen atoms in total. The van der Waals surface area contributed by atoms with E-state index in [1.54, 1.807) is 19.1 Å². The lowest BCUT2D eigenvalue weighted by Gasteiger charge is -2.27. The van der Waals surface area contributed by atoms with Gasteiger partial charge in [0.2, 0.25) is 0 Å². The highest BCUT2D eigenvalue weighted by Crippen LogP contribution is 2.34. The number of imidazole rings is 1. The van der Waals surface area contributed by atoms with Crippen molar-refractivity contribution in [3.63, 3.8) is 0 Å². The van der Waals surface area contributed by atoms with Gasteiger partial charge in [-0.3, -0.25) is 0 Å². The summed E-state index contributed by atoms with van der Waals surface area (Å²) in [6.45, 7) is 5.75. The molecular formula is C22H23F3N4O3. The number of alkyl halides is 3. The van der Waals surface area contributed by atoms with Crippen LogP contribution in [0.1, 0.15) is 39.8 Å². The Morgan fingerprint density at radius 3 is 2.62 bits per heavy atom. The molecule has 2 aromatic heterocycles. The molecule has 0 aliphatic carbocycles. The van der Waals surface area contributed by atoms with Crippen LogP contribution in [-0.2, 0) is 22.1 Å². The van der Waals surface area contributed by atoms with Gasteiger partial charge < -0.3 is 14.4 Å². The molecule has 32 heavy (non-hydrogen) atoms. The zero-order valence-electron chi connectivity index (χ0n) is 17.8. The van der Waals surface area contributed by atoms with Crippen molar-refractivity contribution in [1.29, 1.82) is 0 Å². The molecule has 0 N–H and O–H groups in total. The van der Waals surface area contributed by atoms with Gasteiger partial charge in [-0.25, -0.2) is 14.3 Å². The number of fused-ring (bicyclic) bond motifs is 1. The first-order valence-corrected chi connectivity index (χ1v) is 10.3. The molecule has 3 heterocycles. The molecule has 0 spiro atoms. The largest absolute Gasteiger partial charge is 0.461 e. The molecule has 1 fully saturated rings. The van der Waals surface area contributed by atoms with Gasteiger partial charge in [0.05, 0.1) is 31.1 Å². The van der Waals surface area contributed by atoms with Crippen LogP contribution in [0.3, 0.4) is 0 Å². The maximum absolute atomic E-state index is 13.4. The zero-order chi connectivity index (χ0) is 22.9. The number of benzene rings is 1. The average molecular weight is 448 g/mol. The van der Waals surface area contributed by atoms with Crippen molar-refractivity contribution < 1.29 is 27.4 Å². The number of hydrogen-bond acceptors (Lipinski definition) is 6. The van der Waals surface area contributed by atoms with E-state index in [1.807, 2.05) is 11.0 Å². The number of halogens is 3. The first kappa shape index (κ1) is 22.1. The van der Waals surface area contributed by atoms with Crippen molar-refractivity contribution in [1.82, 2.24) is 14.6 Å². The van der Waals surface area contributed by atoms with E-state index in [1.165, 1.54) is 17.5 Å². The van der Waals surface area contributed by atoms with E-state index < -0.39 is 17.7 Å². The molecule has 1 aromatic carbocycles. The fourth-order valence-corrected chi connectivity index (χ4v) is 3.81. The molecule has 0 atom stereocenters. The summed E-state index contributed by atoms with van der Waals surface area (Å²) in [6.07, 6.45) is -4.42. The van der Waals surface area contributed by atoms with Crippen LogP contribution in [0.25, 0.3) is 5.65 Å². The van der Waals surface area contributed by atoms with Gasteiger partial charge >= 0.3 is 12.1 Å². The molecule has 10 heteroatoms. The highest BCUT2D eigenvalue weighted by atomic mass is 19.4. The van der Waals surface area contributed by atoms with Crippen LogP contribution in [0.2, 0.25) is 0 Å². The van der Waals surface area contributed by atoms with E-state index in [9.17, 15) is 18.0 Å². The highest BCUT2D eigenvalue weighted by Gasteiger charge is 2.33. The van der Waals surface area contributed by atoms with Gasteiger partial charge in [0.25, 0.3) is 0 Å². The number of ether oxygens (including phenoxy) is 2. The second-order valence-corrected chi connectivity index (χ2v) is 7.45. The third-order valence-electron chi connectivity index (χ3n) is 5.47. The van der Waals surface area contributed by atoms with Crippen LogP contribution < -0.4 is 4.90 Å². The van der Waals surface area contributed by atoms with Crippen LogP contribution in [0.15, 0.2) is 30.3 Å². The predicted molar refractivity (Wildman–Crippen MR) is 111 cm³/mol. The van der Waals surface area contributed by atoms with E-state index in [0.29, 0.717) is 49.0 Å². The summed E-state index contributed by atoms with van der Waals surface area (Å²) in [4.78, 5) is 19.0. The standard InChI is InChI=1S/C22H23F3N4O3/c1-3-32-21(30)20-17(13-15-5-4-6-16(14(15)2)22(23,24)25)29-18(26-20)7-8-19(27-29)28-9-11-31-12-10-28/h4-8H,3,9-13H2,1-2H3. The Hall–Kier alpha value is -3.14. The van der Waals surface area contributed by atoms with E-state index in [0.717, 1.165) is 6.07 Å². The van der Waals surface area contributed by atoms with Crippen LogP contribution in [-0.4, -0.2) is 53.5 Å². The average Bonchev–Trinajstić information content (AvgIpc) is 3.13. The van der Waals surface area contributed by atoms with E-state index >= 15 is 0 Å². The van der Waals surface area contributed by atoms with Gasteiger partial charge in [0.1, 0.15) is 5.82 Å². The Bertz CT molecular complexity index is 1140. The normalized spacial score (nSPS) is 14.7. The summed E-state index contributed by atoms with van der Waals surface area (Å²) in [6, 6.07) is 7.58. The van der Waals surface area contributed by atoms with Gasteiger partial charge in [0.15, 0.2) is 11.3 Å². The summed E-state index contributed by atoms with van der Waals surface area (Å²) in [7, 11) is 0. The van der Waals surface area contributed by atoms with E-state index in [2.05, 4.69) is 10.1 Å². The first-order valence-electron chi connectivity index (χ1n) is 10.3. The van der Waals surface area contributed by atoms with Gasteiger partial charge in [0, 0.05) is 19.5 Å². The molecule has 4 rings (SSSR count). The minimum Gasteiger partial charge on any atom is -0.461 e. The minimum atomic E-state index is -4.47. The van der Waals surface area contributed by atoms with Crippen molar-refractivity contribution in [2.24, 2.45) is 0 Å². The fourth-order valence-electron chi connectivity index (χ4n) is 3.81. The molecule has 0 saturated carbocycles. The molecule has 0 bridgehead atoms. The molecule has 3 aromatic rings. The Morgan fingerprint density at radius 2 is 1.94 bits per heavy atom. The van der Waals surface area contributed by atoms with Crippen LogP contribution in [0.5, 0.6) is 0 Å². The maximum atomic E-state index is 13.4. The second kappa shape index (κ2) is 8.78. The molecular weight excluding hydrogens is 425 g/mol. The minimum absolute atomic E-state index is 0.0463. The van der Waals surface area contributed by atoms with Crippen molar-refractivity contribution in [3.05, 3.63) is 58.4 Å². The molecule has 1 aliphatic rings. The summed E-state index contributed by atoms with van der Waals surface area (Å²) < 4.78 is 52.3. The predicted octanol–water partition coefficient (Wildman–Crippen LogP) is 3.66. The molecule has 0 radical (unpaired) electrons. The van der Waals surface area contributed by atoms with Crippen molar-refractivity contribution in [2.75, 3.05) is 37.8 Å². The topological polar surface area (TPSA) is 69.0 Å². The Balaban J connectivity index is 1.82. The number of carbonyl (C=O) groups is 1. The van der Waals surface area contributed by atoms with E-state index in [4.69, 9.17) is 9.47 Å². The van der Waals surface area contributed by atoms with Crippen molar-refractivity contribution in [2.45, 2.75) is 26.4 Å². The molecule has 170 valence electrons. The molecule has 0 amide bonds. The Labute approximate surface area is 182 Å². The molecule has 1 saturated heterocycles. The number of morpholine rings is 1. The number of anilines is 1. The number of aromatic nitrogens is 3. The van der Waals surface area contributed by atoms with Crippen LogP contribution in [0, 0.1) is 6.92 Å². The number of nitrogens with zero attached hydrogens (tertiary/aromatic N) is 4. The Kier molecular flexibility index (Phi) is 6.05. The zero-order valence-corrected chi connectivity index (χ0v) is 17.8. The van der Waals surface area contributed by atoms with Crippen LogP contribution >= 0.6 is 0 Å². The van der Waals surface area contributed by atoms with Gasteiger partial charge in [-0.2, -0.15) is 13.2 Å². The van der Waals surface area contributed by atoms with Crippen molar-refractivity contribution in [3.8, 4) is 0 Å². The summed E-state index contributed by atoms with van der Waals surface area (Å²) in [5.41, 5.74) is 0.694. The Morgan fingerprint density at radius 1 is 1.19 bits per heavy atom. The van der Waals surface area contributed by atoms with Gasteiger partial charge in [-0.05, 0) is 43.2 Å². The maximum Gasteiger partial charge on any atom is 0.416 e. The lowest BCUT2D eigenvalue weighted by atomic mass is 9.98. The number of hydrogen-bond donors (Lipinski definition) is 0. The van der Waals surface area contributed by atoms with Crippen molar-refractivity contribution >= 4 is 17.4 Å². The lowest BCUT2D eigenvalue weighted by molar-refractivity contribution is -0.138. The van der Waals surface area contributed by atoms with Gasteiger partial charge in [-0.1, -0.05) is 12.1 Å². The third kappa shape index (κ3) is 4.27. The first-order chi connectivity index (χ1) is 15.3. The van der Waals surface area contributed by atoms with E-state index in [-0.39, 0.29) is 24.3 Å². The molecule has 1 aliphatic heterocycles. The second-order valence-electron chi connectivity index (χ2n) is 7.45. The number of rotatable bonds is 5. The summed E-state index contributed by atoms with van der Waals surface area (Å²) in [5.74, 6) is 0.0428. The highest BCUT2D eigenvalue weighted by molar-refractivity contribution is 5.89. The molecule has 0 unspecified atom stereocenters. The fraction of sp³-hybridized carbons (Fsp3) is 0.409. The summed E-state index contributed by atoms with van der Waals surface area (Å²) >= 11 is 0.